The van der Waals surface area contributed by atoms with Crippen LogP contribution in [-0.4, -0.2) is 24.4 Å². The van der Waals surface area contributed by atoms with Crippen LogP contribution in [0, 0.1) is 0 Å². The lowest BCUT2D eigenvalue weighted by Gasteiger charge is -2.25. The van der Waals surface area contributed by atoms with Crippen LogP contribution in [0.3, 0.4) is 0 Å². The molecule has 0 aromatic heterocycles. The fourth-order valence-electron chi connectivity index (χ4n) is 0.815. The zero-order valence-electron chi connectivity index (χ0n) is 5.59. The highest BCUT2D eigenvalue weighted by molar-refractivity contribution is 5.49. The molecule has 0 N–H and O–H groups in total. The van der Waals surface area contributed by atoms with Crippen LogP contribution >= 0.6 is 0 Å². The Morgan fingerprint density at radius 1 is 1.40 bits per heavy atom. The number of morpholine rings is 1. The van der Waals surface area contributed by atoms with Crippen molar-refractivity contribution >= 4 is 6.41 Å². The van der Waals surface area contributed by atoms with Gasteiger partial charge in [0.25, 0.3) is 0 Å². The maximum Gasteiger partial charge on any atom is 0.312 e. The first kappa shape index (κ1) is 6.86. The monoisotopic (exact) mass is 138 g/mol. The molecule has 0 bridgehead atoms. The van der Waals surface area contributed by atoms with Crippen molar-refractivity contribution in [2.75, 3.05) is 13.1 Å². The van der Waals surface area contributed by atoms with E-state index in [2.05, 4.69) is 13.2 Å². The van der Waals surface area contributed by atoms with Gasteiger partial charge >= 0.3 is 6.41 Å². The van der Waals surface area contributed by atoms with Crippen molar-refractivity contribution in [1.82, 2.24) is 4.90 Å². The fourth-order valence-corrected chi connectivity index (χ4v) is 0.815. The molecule has 10 heavy (non-hydrogen) atoms. The fraction of sp³-hybridized carbons (Fsp3) is 0.286. The summed E-state index contributed by atoms with van der Waals surface area (Å²) in [6.07, 6.45) is 1.75. The van der Waals surface area contributed by atoms with E-state index in [0.717, 1.165) is 0 Å². The molecule has 0 saturated carbocycles. The zero-order valence-corrected chi connectivity index (χ0v) is 5.59. The summed E-state index contributed by atoms with van der Waals surface area (Å²) in [5.74, 6) is 1.08. The summed E-state index contributed by atoms with van der Waals surface area (Å²) in [5.41, 5.74) is 0. The van der Waals surface area contributed by atoms with Gasteiger partial charge in [-0.3, -0.25) is 4.79 Å². The minimum absolute atomic E-state index is 0.419. The van der Waals surface area contributed by atoms with Crippen molar-refractivity contribution < 1.29 is 9.53 Å². The predicted octanol–water partition coefficient (Wildman–Crippen LogP) is 0.413. The van der Waals surface area contributed by atoms with E-state index in [1.807, 2.05) is 0 Å². The maximum absolute atomic E-state index is 10.1. The van der Waals surface area contributed by atoms with Gasteiger partial charge in [0.15, 0.2) is 0 Å². The van der Waals surface area contributed by atoms with E-state index in [9.17, 15) is 4.79 Å². The van der Waals surface area contributed by atoms with Crippen molar-refractivity contribution in [2.24, 2.45) is 0 Å². The van der Waals surface area contributed by atoms with E-state index >= 15 is 0 Å². The summed E-state index contributed by atoms with van der Waals surface area (Å²) in [7, 11) is 0. The molecule has 1 aliphatic heterocycles. The normalized spacial score (nSPS) is 18.6. The van der Waals surface area contributed by atoms with Gasteiger partial charge < -0.3 is 9.64 Å². The summed E-state index contributed by atoms with van der Waals surface area (Å²) in [6, 6.07) is 0. The first-order valence-electron chi connectivity index (χ1n) is 2.88. The third-order valence-electron chi connectivity index (χ3n) is 1.15. The van der Waals surface area contributed by atoms with Gasteiger partial charge in [-0.1, -0.05) is 13.2 Å². The number of rotatable bonds is 1. The van der Waals surface area contributed by atoms with E-state index in [1.165, 1.54) is 4.90 Å². The van der Waals surface area contributed by atoms with Crippen molar-refractivity contribution in [1.29, 1.82) is 0 Å². The van der Waals surface area contributed by atoms with Crippen molar-refractivity contribution in [3.8, 4) is 0 Å². The average Bonchev–Trinajstić information content (AvgIpc) is 1.85. The molecular formula is C7H8NO2. The Morgan fingerprint density at radius 3 is 2.30 bits per heavy atom. The molecule has 1 radical (unpaired) electrons. The van der Waals surface area contributed by atoms with E-state index < -0.39 is 0 Å². The van der Waals surface area contributed by atoms with Crippen LogP contribution in [0.15, 0.2) is 24.7 Å². The van der Waals surface area contributed by atoms with Crippen LogP contribution in [0.25, 0.3) is 0 Å². The molecule has 1 rings (SSSR count). The Bertz CT molecular complexity index is 170. The number of hydrogen-bond acceptors (Lipinski definition) is 2. The van der Waals surface area contributed by atoms with E-state index in [1.54, 1.807) is 6.41 Å². The third-order valence-corrected chi connectivity index (χ3v) is 1.15. The number of carbonyl (C=O) groups excluding carboxylic acids is 1. The lowest BCUT2D eigenvalue weighted by molar-refractivity contribution is 0.199. The number of hydrogen-bond donors (Lipinski definition) is 0. The maximum atomic E-state index is 10.1. The smallest absolute Gasteiger partial charge is 0.312 e. The highest BCUT2D eigenvalue weighted by Gasteiger charge is 2.14. The van der Waals surface area contributed by atoms with Gasteiger partial charge in [0.1, 0.15) is 11.5 Å². The molecule has 1 aliphatic rings. The SMILES string of the molecule is C=C1CN([C]=O)CC(=C)O1. The van der Waals surface area contributed by atoms with Gasteiger partial charge in [0.05, 0.1) is 13.1 Å². The Kier molecular flexibility index (Phi) is 1.76. The number of nitrogens with zero attached hydrogens (tertiary/aromatic N) is 1. The van der Waals surface area contributed by atoms with Crippen LogP contribution in [-0.2, 0) is 9.53 Å². The Labute approximate surface area is 59.6 Å². The molecule has 0 aromatic rings. The molecule has 3 heteroatoms. The Morgan fingerprint density at radius 2 is 1.90 bits per heavy atom. The van der Waals surface area contributed by atoms with Crippen LogP contribution < -0.4 is 0 Å². The summed E-state index contributed by atoms with van der Waals surface area (Å²) in [5, 5.41) is 0. The van der Waals surface area contributed by atoms with Gasteiger partial charge in [-0.15, -0.1) is 0 Å². The van der Waals surface area contributed by atoms with Crippen LogP contribution in [0.1, 0.15) is 0 Å². The lowest BCUT2D eigenvalue weighted by atomic mass is 10.4. The molecule has 1 heterocycles. The zero-order chi connectivity index (χ0) is 7.56. The van der Waals surface area contributed by atoms with Gasteiger partial charge in [-0.05, 0) is 0 Å². The molecule has 0 unspecified atom stereocenters. The van der Waals surface area contributed by atoms with Crippen LogP contribution in [0.2, 0.25) is 0 Å². The molecule has 1 saturated heterocycles. The number of amides is 1. The number of ether oxygens (including phenoxy) is 1. The van der Waals surface area contributed by atoms with Gasteiger partial charge in [-0.2, -0.15) is 0 Å². The quantitative estimate of drug-likeness (QED) is 0.525. The van der Waals surface area contributed by atoms with Crippen molar-refractivity contribution in [3.63, 3.8) is 0 Å². The highest BCUT2D eigenvalue weighted by Crippen LogP contribution is 2.11. The lowest BCUT2D eigenvalue weighted by Crippen LogP contribution is -2.31. The summed E-state index contributed by atoms with van der Waals surface area (Å²) >= 11 is 0. The second-order valence-electron chi connectivity index (χ2n) is 2.13. The topological polar surface area (TPSA) is 29.5 Å². The van der Waals surface area contributed by atoms with E-state index in [-0.39, 0.29) is 0 Å². The van der Waals surface area contributed by atoms with Gasteiger partial charge in [0, 0.05) is 0 Å². The summed E-state index contributed by atoms with van der Waals surface area (Å²) in [6.45, 7) is 7.96. The molecule has 53 valence electrons. The molecule has 3 nitrogen and oxygen atoms in total. The Balaban J connectivity index is 2.58. The second-order valence-corrected chi connectivity index (χ2v) is 2.13. The summed E-state index contributed by atoms with van der Waals surface area (Å²) in [4.78, 5) is 11.5. The molecule has 1 amide bonds. The standard InChI is InChI=1S/C7H8NO2/c1-6-3-8(5-9)4-7(2)10-6/h1-4H2. The van der Waals surface area contributed by atoms with Crippen LogP contribution in [0.5, 0.6) is 0 Å². The van der Waals surface area contributed by atoms with Crippen molar-refractivity contribution in [2.45, 2.75) is 0 Å². The van der Waals surface area contributed by atoms with Gasteiger partial charge in [-0.25, -0.2) is 0 Å². The minimum Gasteiger partial charge on any atom is -0.464 e. The van der Waals surface area contributed by atoms with E-state index in [0.29, 0.717) is 24.6 Å². The first-order chi connectivity index (χ1) is 4.72. The molecular weight excluding hydrogens is 130 g/mol. The van der Waals surface area contributed by atoms with E-state index in [4.69, 9.17) is 4.74 Å². The second kappa shape index (κ2) is 2.56. The molecule has 0 aliphatic carbocycles. The largest absolute Gasteiger partial charge is 0.464 e. The minimum atomic E-state index is 0.419. The predicted molar refractivity (Wildman–Crippen MR) is 36.6 cm³/mol. The summed E-state index contributed by atoms with van der Waals surface area (Å²) < 4.78 is 5.01. The average molecular weight is 138 g/mol. The molecule has 0 spiro atoms. The van der Waals surface area contributed by atoms with Crippen LogP contribution in [0.4, 0.5) is 0 Å². The highest BCUT2D eigenvalue weighted by atomic mass is 16.5. The molecule has 0 aromatic carbocycles. The molecule has 1 fully saturated rings. The Hall–Kier alpha value is -1.25. The van der Waals surface area contributed by atoms with Gasteiger partial charge in [0.2, 0.25) is 0 Å². The first-order valence-corrected chi connectivity index (χ1v) is 2.88. The third kappa shape index (κ3) is 1.37. The van der Waals surface area contributed by atoms with Crippen molar-refractivity contribution in [3.05, 3.63) is 24.7 Å². The molecule has 0 atom stereocenters.